The largest absolute Gasteiger partial charge is 0.463 e. The summed E-state index contributed by atoms with van der Waals surface area (Å²) in [5.41, 5.74) is -0.540. The molecule has 0 fully saturated rings. The van der Waals surface area contributed by atoms with Gasteiger partial charge >= 0.3 is 18.2 Å². The minimum absolute atomic E-state index is 0.0320. The molecule has 3 amide bonds. The van der Waals surface area contributed by atoms with Gasteiger partial charge in [-0.25, -0.2) is 9.59 Å². The molecule has 1 heterocycles. The Labute approximate surface area is 237 Å². The number of nitriles is 1. The number of aliphatic hydroxyl groups is 1. The van der Waals surface area contributed by atoms with E-state index < -0.39 is 42.2 Å². The Morgan fingerprint density at radius 1 is 1.20 bits per heavy atom. The minimum atomic E-state index is -4.70. The van der Waals surface area contributed by atoms with E-state index >= 15 is 0 Å². The molecule has 9 nitrogen and oxygen atoms in total. The number of anilines is 1. The number of nitrogens with zero attached hydrogens (tertiary/aromatic N) is 4. The first-order chi connectivity index (χ1) is 19.0. The Morgan fingerprint density at radius 2 is 1.88 bits per heavy atom. The van der Waals surface area contributed by atoms with Gasteiger partial charge in [0.15, 0.2) is 0 Å². The summed E-state index contributed by atoms with van der Waals surface area (Å²) in [5, 5.41) is 18.4. The van der Waals surface area contributed by atoms with Crippen LogP contribution >= 0.6 is 15.9 Å². The Bertz CT molecular complexity index is 1340. The Kier molecular flexibility index (Phi) is 9.94. The van der Waals surface area contributed by atoms with E-state index in [2.05, 4.69) is 15.9 Å². The molecule has 212 valence electrons. The summed E-state index contributed by atoms with van der Waals surface area (Å²) in [6.07, 6.45) is -4.70. The normalized spacial score (nSPS) is 15.7. The standard InChI is InChI=1S/C27H26BrF3N4O5/c1-3-40-25(38)23-21(14-28)35(20-6-4-5-19(13-20)27(29,30)31)26(39)34(16-22(37)33(2)11-12-36)24(23)18-9-7-17(15-32)8-10-18/h4-10,13,24,36H,3,11-12,14,16H2,1-2H3/t24-/m1/s1. The lowest BCUT2D eigenvalue weighted by atomic mass is 9.92. The van der Waals surface area contributed by atoms with E-state index in [1.54, 1.807) is 6.92 Å². The van der Waals surface area contributed by atoms with Crippen molar-refractivity contribution in [2.75, 3.05) is 43.6 Å². The number of hydrogen-bond acceptors (Lipinski definition) is 6. The van der Waals surface area contributed by atoms with Crippen molar-refractivity contribution in [1.29, 1.82) is 5.26 Å². The quantitative estimate of drug-likeness (QED) is 0.331. The molecule has 40 heavy (non-hydrogen) atoms. The summed E-state index contributed by atoms with van der Waals surface area (Å²) in [6, 6.07) is 10.0. The third kappa shape index (κ3) is 6.46. The first-order valence-corrected chi connectivity index (χ1v) is 13.2. The van der Waals surface area contributed by atoms with Crippen LogP contribution < -0.4 is 4.90 Å². The highest BCUT2D eigenvalue weighted by molar-refractivity contribution is 9.09. The summed E-state index contributed by atoms with van der Waals surface area (Å²) < 4.78 is 46.0. The van der Waals surface area contributed by atoms with Crippen LogP contribution in [0.3, 0.4) is 0 Å². The number of ether oxygens (including phenoxy) is 1. The molecule has 2 aromatic carbocycles. The number of benzene rings is 2. The molecule has 0 aromatic heterocycles. The van der Waals surface area contributed by atoms with E-state index in [0.717, 1.165) is 28.0 Å². The molecule has 0 radical (unpaired) electrons. The van der Waals surface area contributed by atoms with Crippen LogP contribution in [0.2, 0.25) is 0 Å². The van der Waals surface area contributed by atoms with Crippen molar-refractivity contribution in [3.8, 4) is 6.07 Å². The van der Waals surface area contributed by atoms with E-state index in [1.807, 2.05) is 6.07 Å². The molecule has 1 atom stereocenters. The maximum absolute atomic E-state index is 14.1. The number of likely N-dealkylation sites (N-methyl/N-ethyl adjacent to an activating group) is 1. The van der Waals surface area contributed by atoms with Gasteiger partial charge in [0.2, 0.25) is 5.91 Å². The highest BCUT2D eigenvalue weighted by Crippen LogP contribution is 2.42. The molecule has 0 aliphatic carbocycles. The lowest BCUT2D eigenvalue weighted by Gasteiger charge is -2.43. The summed E-state index contributed by atoms with van der Waals surface area (Å²) in [4.78, 5) is 43.8. The fourth-order valence-corrected chi connectivity index (χ4v) is 4.79. The zero-order chi connectivity index (χ0) is 29.6. The van der Waals surface area contributed by atoms with Crippen LogP contribution in [0.4, 0.5) is 23.7 Å². The molecule has 2 aromatic rings. The average Bonchev–Trinajstić information content (AvgIpc) is 2.93. The van der Waals surface area contributed by atoms with Gasteiger partial charge < -0.3 is 19.6 Å². The van der Waals surface area contributed by atoms with E-state index in [4.69, 9.17) is 4.74 Å². The molecule has 1 N–H and O–H groups in total. The number of esters is 1. The second-order valence-corrected chi connectivity index (χ2v) is 9.24. The van der Waals surface area contributed by atoms with Gasteiger partial charge in [-0.15, -0.1) is 0 Å². The number of carbonyl (C=O) groups excluding carboxylic acids is 3. The number of carbonyl (C=O) groups is 3. The van der Waals surface area contributed by atoms with Crippen molar-refractivity contribution in [3.05, 3.63) is 76.5 Å². The second-order valence-electron chi connectivity index (χ2n) is 8.68. The molecule has 0 bridgehead atoms. The fourth-order valence-electron chi connectivity index (χ4n) is 4.23. The SMILES string of the molecule is CCOC(=O)C1=C(CBr)N(c2cccc(C(F)(F)F)c2)C(=O)N(CC(=O)N(C)CCO)[C@@H]1c1ccc(C#N)cc1. The van der Waals surface area contributed by atoms with Crippen molar-refractivity contribution >= 4 is 39.5 Å². The van der Waals surface area contributed by atoms with E-state index in [9.17, 15) is 37.9 Å². The fraction of sp³-hybridized carbons (Fsp3) is 0.333. The number of aliphatic hydroxyl groups excluding tert-OH is 1. The lowest BCUT2D eigenvalue weighted by Crippen LogP contribution is -2.54. The van der Waals surface area contributed by atoms with E-state index in [-0.39, 0.29) is 42.0 Å². The van der Waals surface area contributed by atoms with Crippen LogP contribution in [-0.2, 0) is 20.5 Å². The van der Waals surface area contributed by atoms with Crippen LogP contribution in [0.5, 0.6) is 0 Å². The minimum Gasteiger partial charge on any atom is -0.463 e. The summed E-state index contributed by atoms with van der Waals surface area (Å²) >= 11 is 3.29. The summed E-state index contributed by atoms with van der Waals surface area (Å²) in [5.74, 6) is -1.42. The third-order valence-corrected chi connectivity index (χ3v) is 6.71. The van der Waals surface area contributed by atoms with Crippen LogP contribution in [0.15, 0.2) is 59.8 Å². The van der Waals surface area contributed by atoms with Gasteiger partial charge in [0.1, 0.15) is 6.54 Å². The smallest absolute Gasteiger partial charge is 0.416 e. The van der Waals surface area contributed by atoms with E-state index in [1.165, 1.54) is 42.3 Å². The molecule has 3 rings (SSSR count). The summed E-state index contributed by atoms with van der Waals surface area (Å²) in [7, 11) is 1.42. The van der Waals surface area contributed by atoms with Crippen LogP contribution in [0.25, 0.3) is 0 Å². The van der Waals surface area contributed by atoms with Crippen LogP contribution in [0.1, 0.15) is 29.7 Å². The molecule has 1 aliphatic rings. The first-order valence-electron chi connectivity index (χ1n) is 12.1. The van der Waals surface area contributed by atoms with E-state index in [0.29, 0.717) is 11.1 Å². The Hall–Kier alpha value is -3.89. The van der Waals surface area contributed by atoms with Crippen molar-refractivity contribution in [2.24, 2.45) is 0 Å². The average molecular weight is 623 g/mol. The van der Waals surface area contributed by atoms with Gasteiger partial charge in [0.25, 0.3) is 0 Å². The van der Waals surface area contributed by atoms with Gasteiger partial charge in [-0.3, -0.25) is 9.69 Å². The molecule has 13 heteroatoms. The maximum atomic E-state index is 14.1. The molecule has 0 saturated heterocycles. The van der Waals surface area contributed by atoms with Gasteiger partial charge in [0.05, 0.1) is 53.4 Å². The number of rotatable bonds is 9. The number of amides is 3. The molecule has 0 saturated carbocycles. The van der Waals surface area contributed by atoms with Crippen molar-refractivity contribution in [3.63, 3.8) is 0 Å². The Balaban J connectivity index is 2.32. The summed E-state index contributed by atoms with van der Waals surface area (Å²) in [6.45, 7) is 0.592. The molecular formula is C27H26BrF3N4O5. The second kappa shape index (κ2) is 13.0. The van der Waals surface area contributed by atoms with Gasteiger partial charge in [-0.05, 0) is 42.8 Å². The molecule has 1 aliphatic heterocycles. The number of allylic oxidation sites excluding steroid dienone is 1. The predicted octanol–water partition coefficient (Wildman–Crippen LogP) is 4.22. The lowest BCUT2D eigenvalue weighted by molar-refractivity contribution is -0.140. The monoisotopic (exact) mass is 622 g/mol. The topological polar surface area (TPSA) is 114 Å². The highest BCUT2D eigenvalue weighted by atomic mass is 79.9. The number of urea groups is 1. The van der Waals surface area contributed by atoms with Crippen LogP contribution in [0, 0.1) is 11.3 Å². The molecular weight excluding hydrogens is 597 g/mol. The van der Waals surface area contributed by atoms with Crippen molar-refractivity contribution in [2.45, 2.75) is 19.1 Å². The first kappa shape index (κ1) is 30.6. The highest BCUT2D eigenvalue weighted by Gasteiger charge is 2.45. The van der Waals surface area contributed by atoms with Gasteiger partial charge in [0, 0.05) is 18.9 Å². The Morgan fingerprint density at radius 3 is 2.42 bits per heavy atom. The van der Waals surface area contributed by atoms with Gasteiger partial charge in [-0.1, -0.05) is 34.1 Å². The zero-order valence-corrected chi connectivity index (χ0v) is 23.2. The zero-order valence-electron chi connectivity index (χ0n) is 21.6. The number of alkyl halides is 4. The van der Waals surface area contributed by atoms with Crippen molar-refractivity contribution in [1.82, 2.24) is 9.80 Å². The maximum Gasteiger partial charge on any atom is 0.416 e. The van der Waals surface area contributed by atoms with Crippen LogP contribution in [-0.4, -0.2) is 71.5 Å². The number of halogens is 4. The predicted molar refractivity (Wildman–Crippen MR) is 142 cm³/mol. The van der Waals surface area contributed by atoms with Crippen molar-refractivity contribution < 1.29 is 37.4 Å². The molecule has 0 spiro atoms. The van der Waals surface area contributed by atoms with Gasteiger partial charge in [-0.2, -0.15) is 18.4 Å². The number of hydrogen-bond donors (Lipinski definition) is 1. The molecule has 0 unspecified atom stereocenters. The third-order valence-electron chi connectivity index (χ3n) is 6.18.